The predicted molar refractivity (Wildman–Crippen MR) is 105 cm³/mol. The maximum absolute atomic E-state index is 12.8. The van der Waals surface area contributed by atoms with Crippen LogP contribution in [0.5, 0.6) is 5.75 Å². The molecule has 0 N–H and O–H groups in total. The van der Waals surface area contributed by atoms with Crippen LogP contribution in [0.25, 0.3) is 0 Å². The number of carbonyl (C=O) groups is 1. The number of methoxy groups -OCH3 is 1. The van der Waals surface area contributed by atoms with Crippen LogP contribution in [0.4, 0.5) is 5.69 Å². The fourth-order valence-corrected chi connectivity index (χ4v) is 4.34. The van der Waals surface area contributed by atoms with Crippen LogP contribution >= 0.6 is 0 Å². The van der Waals surface area contributed by atoms with Crippen LogP contribution in [0.3, 0.4) is 0 Å². The molecular weight excluding hydrogens is 322 g/mol. The lowest BCUT2D eigenvalue weighted by atomic mass is 9.83. The van der Waals surface area contributed by atoms with Crippen LogP contribution in [-0.4, -0.2) is 18.6 Å². The number of hydrogen-bond donors (Lipinski definition) is 0. The lowest BCUT2D eigenvalue weighted by molar-refractivity contribution is 0.0889. The Kier molecular flexibility index (Phi) is 4.62. The quantitative estimate of drug-likeness (QED) is 0.666. The van der Waals surface area contributed by atoms with Gasteiger partial charge in [0, 0.05) is 23.1 Å². The molecule has 0 bridgehead atoms. The number of aliphatic imine (C=N–C) groups is 1. The highest BCUT2D eigenvalue weighted by atomic mass is 16.5. The normalized spacial score (nSPS) is 19.8. The Bertz CT molecular complexity index is 845. The fourth-order valence-electron chi connectivity index (χ4n) is 4.34. The van der Waals surface area contributed by atoms with E-state index in [2.05, 4.69) is 25.1 Å². The van der Waals surface area contributed by atoms with Gasteiger partial charge in [0.1, 0.15) is 5.75 Å². The molecule has 2 aliphatic rings. The molecule has 3 heteroatoms. The topological polar surface area (TPSA) is 38.7 Å². The van der Waals surface area contributed by atoms with E-state index in [0.717, 1.165) is 35.6 Å². The van der Waals surface area contributed by atoms with E-state index in [4.69, 9.17) is 9.73 Å². The minimum atomic E-state index is 0.162. The number of ether oxygens (including phenoxy) is 1. The van der Waals surface area contributed by atoms with Gasteiger partial charge in [0.05, 0.1) is 12.8 Å². The highest BCUT2D eigenvalue weighted by Gasteiger charge is 2.28. The first-order chi connectivity index (χ1) is 12.7. The molecule has 2 aromatic rings. The zero-order valence-corrected chi connectivity index (χ0v) is 15.5. The van der Waals surface area contributed by atoms with Gasteiger partial charge in [-0.15, -0.1) is 0 Å². The van der Waals surface area contributed by atoms with Crippen molar-refractivity contribution in [1.82, 2.24) is 0 Å². The molecule has 1 aliphatic carbocycles. The number of carbonyl (C=O) groups excluding carboxylic acids is 1. The molecule has 0 spiro atoms. The first kappa shape index (κ1) is 17.0. The van der Waals surface area contributed by atoms with Crippen LogP contribution in [0, 0.1) is 5.92 Å². The Balaban J connectivity index is 1.62. The second-order valence-electron chi connectivity index (χ2n) is 7.43. The number of benzene rings is 2. The van der Waals surface area contributed by atoms with Crippen molar-refractivity contribution in [1.29, 1.82) is 0 Å². The standard InChI is InChI=1S/C23H25NO2/c1-15-22(16-8-11-19(26-2)12-9-16)20-13-10-18(14-21(20)24-15)23(25)17-6-4-3-5-7-17/h8-14,17,22H,3-7H2,1-2H3. The van der Waals surface area contributed by atoms with Crippen LogP contribution in [-0.2, 0) is 0 Å². The van der Waals surface area contributed by atoms with Crippen molar-refractivity contribution in [3.05, 3.63) is 59.2 Å². The molecule has 3 nitrogen and oxygen atoms in total. The van der Waals surface area contributed by atoms with Gasteiger partial charge < -0.3 is 4.74 Å². The first-order valence-electron chi connectivity index (χ1n) is 9.54. The summed E-state index contributed by atoms with van der Waals surface area (Å²) in [6, 6.07) is 14.3. The van der Waals surface area contributed by atoms with Crippen LogP contribution in [0.2, 0.25) is 0 Å². The van der Waals surface area contributed by atoms with Gasteiger partial charge in [0.25, 0.3) is 0 Å². The molecule has 1 saturated carbocycles. The Morgan fingerprint density at radius 1 is 1.04 bits per heavy atom. The number of nitrogens with zero attached hydrogens (tertiary/aromatic N) is 1. The maximum atomic E-state index is 12.8. The van der Waals surface area contributed by atoms with Gasteiger partial charge in [-0.05, 0) is 49.1 Å². The van der Waals surface area contributed by atoms with Crippen molar-refractivity contribution in [2.45, 2.75) is 44.9 Å². The van der Waals surface area contributed by atoms with Gasteiger partial charge in [0.15, 0.2) is 5.78 Å². The van der Waals surface area contributed by atoms with Crippen LogP contribution in [0.15, 0.2) is 47.5 Å². The maximum Gasteiger partial charge on any atom is 0.166 e. The molecule has 0 amide bonds. The summed E-state index contributed by atoms with van der Waals surface area (Å²) >= 11 is 0. The van der Waals surface area contributed by atoms with Crippen molar-refractivity contribution >= 4 is 17.2 Å². The summed E-state index contributed by atoms with van der Waals surface area (Å²) in [6.45, 7) is 2.07. The van der Waals surface area contributed by atoms with E-state index in [1.165, 1.54) is 30.4 Å². The Hall–Kier alpha value is -2.42. The van der Waals surface area contributed by atoms with Crippen molar-refractivity contribution in [3.63, 3.8) is 0 Å². The molecule has 2 aromatic carbocycles. The molecule has 1 aliphatic heterocycles. The summed E-state index contributed by atoms with van der Waals surface area (Å²) in [4.78, 5) is 17.6. The summed E-state index contributed by atoms with van der Waals surface area (Å²) in [6.07, 6.45) is 5.69. The lowest BCUT2D eigenvalue weighted by Crippen LogP contribution is -2.17. The monoisotopic (exact) mass is 347 g/mol. The van der Waals surface area contributed by atoms with Crippen molar-refractivity contribution in [2.75, 3.05) is 7.11 Å². The second-order valence-corrected chi connectivity index (χ2v) is 7.43. The molecule has 1 heterocycles. The molecule has 134 valence electrons. The minimum absolute atomic E-state index is 0.162. The van der Waals surface area contributed by atoms with E-state index in [9.17, 15) is 4.79 Å². The highest BCUT2D eigenvalue weighted by molar-refractivity contribution is 6.02. The molecular formula is C23H25NO2. The van der Waals surface area contributed by atoms with Gasteiger partial charge in [-0.2, -0.15) is 0 Å². The third-order valence-corrected chi connectivity index (χ3v) is 5.77. The van der Waals surface area contributed by atoms with Gasteiger partial charge >= 0.3 is 0 Å². The van der Waals surface area contributed by atoms with Gasteiger partial charge in [-0.25, -0.2) is 0 Å². The number of fused-ring (bicyclic) bond motifs is 1. The smallest absolute Gasteiger partial charge is 0.166 e. The molecule has 26 heavy (non-hydrogen) atoms. The summed E-state index contributed by atoms with van der Waals surface area (Å²) in [7, 11) is 1.68. The Morgan fingerprint density at radius 2 is 1.77 bits per heavy atom. The van der Waals surface area contributed by atoms with E-state index in [1.807, 2.05) is 24.3 Å². The summed E-state index contributed by atoms with van der Waals surface area (Å²) in [5, 5.41) is 0. The lowest BCUT2D eigenvalue weighted by Gasteiger charge is -2.20. The van der Waals surface area contributed by atoms with Crippen LogP contribution in [0.1, 0.15) is 66.4 Å². The van der Waals surface area contributed by atoms with Crippen LogP contribution < -0.4 is 4.74 Å². The van der Waals surface area contributed by atoms with E-state index in [0.29, 0.717) is 5.78 Å². The van der Waals surface area contributed by atoms with E-state index < -0.39 is 0 Å². The summed E-state index contributed by atoms with van der Waals surface area (Å²) in [5.41, 5.74) is 5.24. The highest BCUT2D eigenvalue weighted by Crippen LogP contribution is 2.41. The van der Waals surface area contributed by atoms with Gasteiger partial charge in [-0.3, -0.25) is 9.79 Å². The summed E-state index contributed by atoms with van der Waals surface area (Å²) in [5.74, 6) is 1.52. The van der Waals surface area contributed by atoms with E-state index >= 15 is 0 Å². The number of ketones is 1. The Labute approximate surface area is 155 Å². The largest absolute Gasteiger partial charge is 0.497 e. The molecule has 1 atom stereocenters. The van der Waals surface area contributed by atoms with Gasteiger partial charge in [0.2, 0.25) is 0 Å². The Morgan fingerprint density at radius 3 is 2.46 bits per heavy atom. The molecule has 4 rings (SSSR count). The molecule has 1 fully saturated rings. The van der Waals surface area contributed by atoms with E-state index in [-0.39, 0.29) is 11.8 Å². The fraction of sp³-hybridized carbons (Fsp3) is 0.391. The van der Waals surface area contributed by atoms with E-state index in [1.54, 1.807) is 7.11 Å². The number of Topliss-reactive ketones (excluding diaryl/α,β-unsaturated/α-hetero) is 1. The molecule has 1 unspecified atom stereocenters. The average molecular weight is 347 g/mol. The predicted octanol–water partition coefficient (Wildman–Crippen LogP) is 5.70. The third kappa shape index (κ3) is 3.07. The van der Waals surface area contributed by atoms with Crippen molar-refractivity contribution in [2.24, 2.45) is 10.9 Å². The third-order valence-electron chi connectivity index (χ3n) is 5.77. The second kappa shape index (κ2) is 7.06. The van der Waals surface area contributed by atoms with Crippen molar-refractivity contribution in [3.8, 4) is 5.75 Å². The molecule has 0 aromatic heterocycles. The van der Waals surface area contributed by atoms with Gasteiger partial charge in [-0.1, -0.05) is 43.5 Å². The molecule has 0 radical (unpaired) electrons. The molecule has 0 saturated heterocycles. The number of hydrogen-bond acceptors (Lipinski definition) is 3. The SMILES string of the molecule is COc1ccc(C2C(C)=Nc3cc(C(=O)C4CCCCC4)ccc32)cc1. The first-order valence-corrected chi connectivity index (χ1v) is 9.54. The average Bonchev–Trinajstić information content (AvgIpc) is 3.03. The minimum Gasteiger partial charge on any atom is -0.497 e. The zero-order valence-electron chi connectivity index (χ0n) is 15.5. The zero-order chi connectivity index (χ0) is 18.1. The summed E-state index contributed by atoms with van der Waals surface area (Å²) < 4.78 is 5.26. The number of rotatable bonds is 4. The van der Waals surface area contributed by atoms with Crippen molar-refractivity contribution < 1.29 is 9.53 Å².